The van der Waals surface area contributed by atoms with E-state index in [1.54, 1.807) is 0 Å². The van der Waals surface area contributed by atoms with Crippen molar-refractivity contribution in [3.05, 3.63) is 51.7 Å². The summed E-state index contributed by atoms with van der Waals surface area (Å²) in [5.74, 6) is 0.793. The van der Waals surface area contributed by atoms with Crippen LogP contribution in [0.5, 0.6) is 5.75 Å². The van der Waals surface area contributed by atoms with E-state index in [4.69, 9.17) is 16.3 Å². The summed E-state index contributed by atoms with van der Waals surface area (Å²) in [4.78, 5) is 4.37. The molecule has 5 heteroatoms. The minimum Gasteiger partial charge on any atom is -0.492 e. The molecule has 0 unspecified atom stereocenters. The molecule has 0 aliphatic rings. The second-order valence-corrected chi connectivity index (χ2v) is 5.13. The van der Waals surface area contributed by atoms with Gasteiger partial charge in [-0.15, -0.1) is 0 Å². The van der Waals surface area contributed by atoms with Crippen LogP contribution in [0.4, 0.5) is 5.69 Å². The number of nitrogens with one attached hydrogen (secondary N) is 1. The maximum absolute atomic E-state index is 6.01. The van der Waals surface area contributed by atoms with Gasteiger partial charge in [-0.3, -0.25) is 0 Å². The lowest BCUT2D eigenvalue weighted by Crippen LogP contribution is -2.04. The summed E-state index contributed by atoms with van der Waals surface area (Å²) < 4.78 is 6.38. The SMILES string of the molecule is CCOc1ccc(Cl)cc1NCc1cccc(Br)n1. The topological polar surface area (TPSA) is 34.1 Å². The monoisotopic (exact) mass is 340 g/mol. The fourth-order valence-electron chi connectivity index (χ4n) is 1.66. The molecule has 0 aliphatic heterocycles. The van der Waals surface area contributed by atoms with Gasteiger partial charge < -0.3 is 10.1 Å². The molecule has 1 N–H and O–H groups in total. The highest BCUT2D eigenvalue weighted by molar-refractivity contribution is 9.10. The van der Waals surface area contributed by atoms with Gasteiger partial charge in [0, 0.05) is 5.02 Å². The van der Waals surface area contributed by atoms with Crippen LogP contribution in [0.1, 0.15) is 12.6 Å². The molecule has 0 fully saturated rings. The number of hydrogen-bond acceptors (Lipinski definition) is 3. The van der Waals surface area contributed by atoms with E-state index < -0.39 is 0 Å². The smallest absolute Gasteiger partial charge is 0.142 e. The molecule has 0 saturated carbocycles. The first kappa shape index (κ1) is 14.2. The van der Waals surface area contributed by atoms with E-state index in [0.717, 1.165) is 21.7 Å². The Hall–Kier alpha value is -1.26. The molecule has 0 radical (unpaired) electrons. The minimum absolute atomic E-state index is 0.611. The molecule has 0 atom stereocenters. The molecular weight excluding hydrogens is 328 g/mol. The number of benzene rings is 1. The molecular formula is C14H14BrClN2O. The lowest BCUT2D eigenvalue weighted by Gasteiger charge is -2.12. The first-order valence-electron chi connectivity index (χ1n) is 5.96. The first-order valence-corrected chi connectivity index (χ1v) is 7.14. The van der Waals surface area contributed by atoms with Crippen LogP contribution in [-0.4, -0.2) is 11.6 Å². The average molecular weight is 342 g/mol. The predicted molar refractivity (Wildman–Crippen MR) is 81.9 cm³/mol. The van der Waals surface area contributed by atoms with E-state index >= 15 is 0 Å². The summed E-state index contributed by atoms with van der Waals surface area (Å²) in [6.07, 6.45) is 0. The molecule has 1 heterocycles. The van der Waals surface area contributed by atoms with E-state index in [9.17, 15) is 0 Å². The zero-order valence-electron chi connectivity index (χ0n) is 10.5. The normalized spacial score (nSPS) is 10.3. The van der Waals surface area contributed by atoms with Crippen molar-refractivity contribution in [3.8, 4) is 5.75 Å². The van der Waals surface area contributed by atoms with Gasteiger partial charge in [-0.1, -0.05) is 17.7 Å². The van der Waals surface area contributed by atoms with Crippen molar-refractivity contribution in [2.24, 2.45) is 0 Å². The van der Waals surface area contributed by atoms with Crippen molar-refractivity contribution in [2.75, 3.05) is 11.9 Å². The van der Waals surface area contributed by atoms with Gasteiger partial charge in [0.25, 0.3) is 0 Å². The van der Waals surface area contributed by atoms with Crippen LogP contribution < -0.4 is 10.1 Å². The maximum atomic E-state index is 6.01. The van der Waals surface area contributed by atoms with E-state index in [2.05, 4.69) is 26.2 Å². The number of pyridine rings is 1. The second-order valence-electron chi connectivity index (χ2n) is 3.88. The lowest BCUT2D eigenvalue weighted by molar-refractivity contribution is 0.341. The number of halogens is 2. The Morgan fingerprint density at radius 3 is 2.89 bits per heavy atom. The van der Waals surface area contributed by atoms with Crippen LogP contribution >= 0.6 is 27.5 Å². The van der Waals surface area contributed by atoms with Crippen molar-refractivity contribution in [1.82, 2.24) is 4.98 Å². The van der Waals surface area contributed by atoms with Crippen molar-refractivity contribution >= 4 is 33.2 Å². The molecule has 0 spiro atoms. The van der Waals surface area contributed by atoms with Gasteiger partial charge in [0.1, 0.15) is 10.4 Å². The van der Waals surface area contributed by atoms with Gasteiger partial charge in [-0.2, -0.15) is 0 Å². The number of ether oxygens (including phenoxy) is 1. The predicted octanol–water partition coefficient (Wildman–Crippen LogP) is 4.51. The zero-order chi connectivity index (χ0) is 13.7. The molecule has 0 amide bonds. The van der Waals surface area contributed by atoms with Gasteiger partial charge in [-0.05, 0) is 53.2 Å². The minimum atomic E-state index is 0.611. The summed E-state index contributed by atoms with van der Waals surface area (Å²) in [7, 11) is 0. The molecule has 0 bridgehead atoms. The highest BCUT2D eigenvalue weighted by Crippen LogP contribution is 2.28. The van der Waals surface area contributed by atoms with Gasteiger partial charge >= 0.3 is 0 Å². The molecule has 2 rings (SSSR count). The highest BCUT2D eigenvalue weighted by Gasteiger charge is 2.05. The Labute approximate surface area is 126 Å². The third-order valence-electron chi connectivity index (χ3n) is 2.47. The standard InChI is InChI=1S/C14H14BrClN2O/c1-2-19-13-7-6-10(16)8-12(13)17-9-11-4-3-5-14(15)18-11/h3-8,17H,2,9H2,1H3. The Morgan fingerprint density at radius 1 is 1.32 bits per heavy atom. The van der Waals surface area contributed by atoms with Crippen LogP contribution in [-0.2, 0) is 6.54 Å². The fraction of sp³-hybridized carbons (Fsp3) is 0.214. The molecule has 1 aromatic heterocycles. The second kappa shape index (κ2) is 6.78. The highest BCUT2D eigenvalue weighted by atomic mass is 79.9. The first-order chi connectivity index (χ1) is 9.19. The number of nitrogens with zero attached hydrogens (tertiary/aromatic N) is 1. The van der Waals surface area contributed by atoms with Gasteiger partial charge in [-0.25, -0.2) is 4.98 Å². The molecule has 3 nitrogen and oxygen atoms in total. The Bertz CT molecular complexity index is 563. The largest absolute Gasteiger partial charge is 0.492 e. The zero-order valence-corrected chi connectivity index (χ0v) is 12.8. The molecule has 0 saturated heterocycles. The molecule has 0 aliphatic carbocycles. The number of anilines is 1. The van der Waals surface area contributed by atoms with Gasteiger partial charge in [0.15, 0.2) is 0 Å². The van der Waals surface area contributed by atoms with Crippen LogP contribution in [0.2, 0.25) is 5.02 Å². The van der Waals surface area contributed by atoms with Crippen LogP contribution in [0.25, 0.3) is 0 Å². The van der Waals surface area contributed by atoms with Crippen LogP contribution in [0.3, 0.4) is 0 Å². The molecule has 19 heavy (non-hydrogen) atoms. The van der Waals surface area contributed by atoms with Gasteiger partial charge in [0.2, 0.25) is 0 Å². The van der Waals surface area contributed by atoms with Crippen molar-refractivity contribution in [3.63, 3.8) is 0 Å². The van der Waals surface area contributed by atoms with E-state index in [1.807, 2.05) is 43.3 Å². The van der Waals surface area contributed by atoms with Crippen LogP contribution in [0.15, 0.2) is 41.0 Å². The molecule has 100 valence electrons. The number of aromatic nitrogens is 1. The Kier molecular flexibility index (Phi) is 5.05. The van der Waals surface area contributed by atoms with Crippen molar-refractivity contribution in [1.29, 1.82) is 0 Å². The van der Waals surface area contributed by atoms with Crippen LogP contribution in [0, 0.1) is 0 Å². The fourth-order valence-corrected chi connectivity index (χ4v) is 2.21. The summed E-state index contributed by atoms with van der Waals surface area (Å²) in [6.45, 7) is 3.18. The molecule has 1 aromatic carbocycles. The molecule has 2 aromatic rings. The summed E-state index contributed by atoms with van der Waals surface area (Å²) in [5, 5.41) is 3.96. The summed E-state index contributed by atoms with van der Waals surface area (Å²) in [6, 6.07) is 11.3. The van der Waals surface area contributed by atoms with Crippen molar-refractivity contribution in [2.45, 2.75) is 13.5 Å². The van der Waals surface area contributed by atoms with E-state index in [1.165, 1.54) is 0 Å². The quantitative estimate of drug-likeness (QED) is 0.813. The third-order valence-corrected chi connectivity index (χ3v) is 3.15. The number of hydrogen-bond donors (Lipinski definition) is 1. The lowest BCUT2D eigenvalue weighted by atomic mass is 10.2. The Morgan fingerprint density at radius 2 is 2.16 bits per heavy atom. The third kappa shape index (κ3) is 4.11. The van der Waals surface area contributed by atoms with E-state index in [-0.39, 0.29) is 0 Å². The summed E-state index contributed by atoms with van der Waals surface area (Å²) >= 11 is 9.36. The van der Waals surface area contributed by atoms with E-state index in [0.29, 0.717) is 18.2 Å². The Balaban J connectivity index is 2.12. The summed E-state index contributed by atoms with van der Waals surface area (Å²) in [5.41, 5.74) is 1.81. The van der Waals surface area contributed by atoms with Crippen molar-refractivity contribution < 1.29 is 4.74 Å². The maximum Gasteiger partial charge on any atom is 0.142 e. The number of rotatable bonds is 5. The average Bonchev–Trinajstić information content (AvgIpc) is 2.39. The van der Waals surface area contributed by atoms with Gasteiger partial charge in [0.05, 0.1) is 24.5 Å².